The molecule has 0 aliphatic carbocycles. The molecule has 136 valence electrons. The summed E-state index contributed by atoms with van der Waals surface area (Å²) in [5, 5.41) is 13.9. The summed E-state index contributed by atoms with van der Waals surface area (Å²) in [4.78, 5) is 29.4. The van der Waals surface area contributed by atoms with E-state index in [0.29, 0.717) is 23.8 Å². The molecule has 1 aromatic heterocycles. The normalized spacial score (nSPS) is 14.0. The first-order valence-electron chi connectivity index (χ1n) is 8.00. The minimum absolute atomic E-state index is 0.234. The third kappa shape index (κ3) is 3.33. The highest BCUT2D eigenvalue weighted by Crippen LogP contribution is 2.22. The Labute approximate surface area is 148 Å². The van der Waals surface area contributed by atoms with Crippen LogP contribution in [-0.4, -0.2) is 51.6 Å². The SMILES string of the molecule is Cc1cc(=O)n(-c2ccc(N3C=NN(C(=O)CO)CC3)c(F)c2)c(C)n1. The summed E-state index contributed by atoms with van der Waals surface area (Å²) in [7, 11) is 0. The molecule has 2 heterocycles. The van der Waals surface area contributed by atoms with Gasteiger partial charge in [-0.2, -0.15) is 5.10 Å². The van der Waals surface area contributed by atoms with E-state index < -0.39 is 18.3 Å². The minimum atomic E-state index is -0.626. The lowest BCUT2D eigenvalue weighted by atomic mass is 10.2. The molecule has 2 aromatic rings. The molecule has 9 heteroatoms. The number of hydrazone groups is 1. The third-order valence-electron chi connectivity index (χ3n) is 4.02. The van der Waals surface area contributed by atoms with Crippen molar-refractivity contribution in [3.05, 3.63) is 52.0 Å². The molecule has 0 saturated carbocycles. The lowest BCUT2D eigenvalue weighted by molar-refractivity contribution is -0.134. The van der Waals surface area contributed by atoms with Crippen LogP contribution in [-0.2, 0) is 4.79 Å². The van der Waals surface area contributed by atoms with Crippen LogP contribution in [0.3, 0.4) is 0 Å². The molecule has 0 unspecified atom stereocenters. The van der Waals surface area contributed by atoms with Gasteiger partial charge in [0, 0.05) is 24.4 Å². The number of hydrogen-bond donors (Lipinski definition) is 1. The quantitative estimate of drug-likeness (QED) is 0.865. The fourth-order valence-corrected chi connectivity index (χ4v) is 2.82. The van der Waals surface area contributed by atoms with E-state index in [-0.39, 0.29) is 17.8 Å². The summed E-state index contributed by atoms with van der Waals surface area (Å²) in [6.45, 7) is 3.35. The van der Waals surface area contributed by atoms with Gasteiger partial charge in [-0.15, -0.1) is 0 Å². The van der Waals surface area contributed by atoms with Gasteiger partial charge < -0.3 is 10.0 Å². The van der Waals surface area contributed by atoms with Gasteiger partial charge in [-0.3, -0.25) is 14.2 Å². The second-order valence-corrected chi connectivity index (χ2v) is 5.85. The highest BCUT2D eigenvalue weighted by Gasteiger charge is 2.20. The van der Waals surface area contributed by atoms with E-state index in [0.717, 1.165) is 5.01 Å². The lowest BCUT2D eigenvalue weighted by Gasteiger charge is -2.28. The zero-order valence-corrected chi connectivity index (χ0v) is 14.4. The van der Waals surface area contributed by atoms with Gasteiger partial charge >= 0.3 is 0 Å². The van der Waals surface area contributed by atoms with Crippen molar-refractivity contribution in [3.8, 4) is 5.69 Å². The van der Waals surface area contributed by atoms with Gasteiger partial charge in [-0.1, -0.05) is 0 Å². The van der Waals surface area contributed by atoms with Crippen LogP contribution in [0.15, 0.2) is 34.2 Å². The molecular formula is C17H18FN5O3. The molecule has 0 bridgehead atoms. The van der Waals surface area contributed by atoms with Gasteiger partial charge in [0.25, 0.3) is 11.5 Å². The van der Waals surface area contributed by atoms with Crippen LogP contribution < -0.4 is 10.5 Å². The maximum atomic E-state index is 14.6. The average molecular weight is 359 g/mol. The van der Waals surface area contributed by atoms with Gasteiger partial charge in [0.05, 0.1) is 17.9 Å². The number of aliphatic hydroxyl groups is 1. The van der Waals surface area contributed by atoms with Crippen molar-refractivity contribution in [3.63, 3.8) is 0 Å². The van der Waals surface area contributed by atoms with Gasteiger partial charge in [0.15, 0.2) is 0 Å². The predicted molar refractivity (Wildman–Crippen MR) is 93.9 cm³/mol. The Morgan fingerprint density at radius 1 is 1.27 bits per heavy atom. The fourth-order valence-electron chi connectivity index (χ4n) is 2.82. The van der Waals surface area contributed by atoms with Crippen LogP contribution in [0.1, 0.15) is 11.5 Å². The molecule has 1 aliphatic rings. The number of aromatic nitrogens is 2. The Hall–Kier alpha value is -3.07. The van der Waals surface area contributed by atoms with Crippen molar-refractivity contribution in [2.75, 3.05) is 24.6 Å². The first-order chi connectivity index (χ1) is 12.4. The Morgan fingerprint density at radius 2 is 2.04 bits per heavy atom. The Morgan fingerprint density at radius 3 is 2.62 bits per heavy atom. The van der Waals surface area contributed by atoms with Crippen molar-refractivity contribution in [1.82, 2.24) is 14.6 Å². The monoisotopic (exact) mass is 359 g/mol. The average Bonchev–Trinajstić information content (AvgIpc) is 2.60. The van der Waals surface area contributed by atoms with Crippen LogP contribution in [0.2, 0.25) is 0 Å². The molecule has 0 fully saturated rings. The Kier molecular flexibility index (Phi) is 4.81. The number of carbonyl (C=O) groups excluding carboxylic acids is 1. The lowest BCUT2D eigenvalue weighted by Crippen LogP contribution is -2.42. The molecule has 1 aliphatic heterocycles. The first-order valence-corrected chi connectivity index (χ1v) is 8.00. The highest BCUT2D eigenvalue weighted by atomic mass is 19.1. The molecule has 0 radical (unpaired) electrons. The summed E-state index contributed by atoms with van der Waals surface area (Å²) in [5.74, 6) is -0.568. The number of hydrogen-bond acceptors (Lipinski definition) is 6. The van der Waals surface area contributed by atoms with E-state index in [4.69, 9.17) is 5.11 Å². The van der Waals surface area contributed by atoms with Crippen LogP contribution in [0.25, 0.3) is 5.69 Å². The standard InChI is InChI=1S/C17H18FN5O3/c1-11-7-16(25)23(12(2)20-11)13-3-4-15(14(18)8-13)21-5-6-22(19-10-21)17(26)9-24/h3-4,7-8,10,24H,5-6,9H2,1-2H3. The number of anilines is 1. The summed E-state index contributed by atoms with van der Waals surface area (Å²) in [6, 6.07) is 5.83. The summed E-state index contributed by atoms with van der Waals surface area (Å²) in [6.07, 6.45) is 1.33. The van der Waals surface area contributed by atoms with Crippen LogP contribution in [0.4, 0.5) is 10.1 Å². The molecule has 1 amide bonds. The van der Waals surface area contributed by atoms with Crippen LogP contribution in [0.5, 0.6) is 0 Å². The van der Waals surface area contributed by atoms with Crippen molar-refractivity contribution >= 4 is 17.9 Å². The topological polar surface area (TPSA) is 91.0 Å². The van der Waals surface area contributed by atoms with Crippen LogP contribution >= 0.6 is 0 Å². The molecule has 1 N–H and O–H groups in total. The second kappa shape index (κ2) is 7.04. The summed E-state index contributed by atoms with van der Waals surface area (Å²) >= 11 is 0. The third-order valence-corrected chi connectivity index (χ3v) is 4.02. The molecule has 3 rings (SSSR count). The number of aryl methyl sites for hydroxylation is 2. The molecule has 8 nitrogen and oxygen atoms in total. The molecule has 26 heavy (non-hydrogen) atoms. The van der Waals surface area contributed by atoms with E-state index in [9.17, 15) is 14.0 Å². The molecular weight excluding hydrogens is 341 g/mol. The molecule has 0 spiro atoms. The number of rotatable bonds is 3. The van der Waals surface area contributed by atoms with Crippen molar-refractivity contribution in [2.24, 2.45) is 5.10 Å². The molecule has 0 saturated heterocycles. The van der Waals surface area contributed by atoms with Crippen molar-refractivity contribution < 1.29 is 14.3 Å². The maximum Gasteiger partial charge on any atom is 0.268 e. The number of nitrogens with zero attached hydrogens (tertiary/aromatic N) is 5. The van der Waals surface area contributed by atoms with Crippen molar-refractivity contribution in [2.45, 2.75) is 13.8 Å². The number of amides is 1. The number of aliphatic hydroxyl groups excluding tert-OH is 1. The first kappa shape index (κ1) is 17.7. The maximum absolute atomic E-state index is 14.6. The minimum Gasteiger partial charge on any atom is -0.386 e. The van der Waals surface area contributed by atoms with E-state index >= 15 is 0 Å². The van der Waals surface area contributed by atoms with E-state index in [1.165, 1.54) is 23.0 Å². The van der Waals surface area contributed by atoms with Gasteiger partial charge in [-0.05, 0) is 26.0 Å². The number of carbonyl (C=O) groups is 1. The number of benzene rings is 1. The van der Waals surface area contributed by atoms with E-state index in [1.54, 1.807) is 30.9 Å². The summed E-state index contributed by atoms with van der Waals surface area (Å²) < 4.78 is 16.0. The van der Waals surface area contributed by atoms with Crippen LogP contribution in [0, 0.1) is 19.7 Å². The van der Waals surface area contributed by atoms with Gasteiger partial charge in [0.2, 0.25) is 0 Å². The summed E-state index contributed by atoms with van der Waals surface area (Å²) in [5.41, 5.74) is 0.985. The Balaban J connectivity index is 1.90. The van der Waals surface area contributed by atoms with E-state index in [2.05, 4.69) is 10.1 Å². The Bertz CT molecular complexity index is 940. The van der Waals surface area contributed by atoms with Gasteiger partial charge in [-0.25, -0.2) is 14.4 Å². The molecule has 0 atom stereocenters. The van der Waals surface area contributed by atoms with E-state index in [1.807, 2.05) is 0 Å². The zero-order valence-electron chi connectivity index (χ0n) is 14.4. The molecule has 1 aromatic carbocycles. The largest absolute Gasteiger partial charge is 0.386 e. The predicted octanol–water partition coefficient (Wildman–Crippen LogP) is 0.573. The zero-order chi connectivity index (χ0) is 18.8. The fraction of sp³-hybridized carbons (Fsp3) is 0.294. The second-order valence-electron chi connectivity index (χ2n) is 5.85. The highest BCUT2D eigenvalue weighted by molar-refractivity contribution is 5.84. The van der Waals surface area contributed by atoms with Gasteiger partial charge in [0.1, 0.15) is 24.6 Å². The van der Waals surface area contributed by atoms with Crippen molar-refractivity contribution in [1.29, 1.82) is 0 Å². The smallest absolute Gasteiger partial charge is 0.268 e. The number of halogens is 1.